The average molecular weight is 1430 g/mol. The highest BCUT2D eigenvalue weighted by atomic mass is 16.6. The number of hydrogen-bond acceptors (Lipinski definition) is 24. The Kier molecular flexibility index (Phi) is 31.0. The number of Topliss-reactive ketones (excluding diaryl/α,β-unsaturated/α-hetero) is 2. The fraction of sp³-hybridized carbons (Fsp3) is 0.493. The molecule has 27 heteroatoms. The van der Waals surface area contributed by atoms with Gasteiger partial charge in [0.1, 0.15) is 66.1 Å². The molecule has 0 aliphatic carbocycles. The van der Waals surface area contributed by atoms with Crippen LogP contribution in [0.25, 0.3) is 0 Å². The van der Waals surface area contributed by atoms with Gasteiger partial charge in [0.15, 0.2) is 36.2 Å². The molecule has 0 aromatic heterocycles. The molecule has 0 radical (unpaired) electrons. The summed E-state index contributed by atoms with van der Waals surface area (Å²) in [5.74, 6) is -4.28. The lowest BCUT2D eigenvalue weighted by molar-refractivity contribution is -0.165. The number of methoxy groups -OCH3 is 7. The molecular formula is C75H96N2O25. The van der Waals surface area contributed by atoms with Crippen LogP contribution in [-0.4, -0.2) is 181 Å². The highest BCUT2D eigenvalue weighted by molar-refractivity contribution is 6.39. The topological polar surface area (TPSA) is 327 Å². The number of piperidine rings is 2. The van der Waals surface area contributed by atoms with E-state index in [4.69, 9.17) is 71.4 Å². The zero-order valence-electron chi connectivity index (χ0n) is 60.7. The van der Waals surface area contributed by atoms with Crippen molar-refractivity contribution in [3.05, 3.63) is 114 Å². The van der Waals surface area contributed by atoms with Crippen molar-refractivity contribution in [3.8, 4) is 51.7 Å². The molecule has 2 amide bonds. The first kappa shape index (κ1) is 82.3. The van der Waals surface area contributed by atoms with Crippen LogP contribution in [0.3, 0.4) is 0 Å². The molecule has 1 N–H and O–H groups in total. The molecule has 2 fully saturated rings. The number of aryl methyl sites for hydroxylation is 1. The summed E-state index contributed by atoms with van der Waals surface area (Å²) in [6.45, 7) is 16.6. The van der Waals surface area contributed by atoms with Crippen LogP contribution >= 0.6 is 0 Å². The summed E-state index contributed by atoms with van der Waals surface area (Å²) in [5, 5.41) is 9.11. The number of hydrogen-bond donors (Lipinski definition) is 1. The van der Waals surface area contributed by atoms with Crippen molar-refractivity contribution in [1.82, 2.24) is 9.80 Å². The smallest absolute Gasteiger partial charge is 0.344 e. The first-order valence-electron chi connectivity index (χ1n) is 33.1. The van der Waals surface area contributed by atoms with Gasteiger partial charge in [0.05, 0.1) is 60.6 Å². The molecule has 556 valence electrons. The number of ether oxygens (including phenoxy) is 14. The number of rotatable bonds is 35. The number of esters is 5. The Balaban J connectivity index is 0.000000367. The molecule has 4 atom stereocenters. The lowest BCUT2D eigenvalue weighted by Crippen LogP contribution is -2.53. The molecule has 0 bridgehead atoms. The van der Waals surface area contributed by atoms with Crippen LogP contribution in [0, 0.1) is 10.8 Å². The molecule has 0 unspecified atom stereocenters. The number of amides is 2. The van der Waals surface area contributed by atoms with Gasteiger partial charge >= 0.3 is 35.8 Å². The van der Waals surface area contributed by atoms with Crippen LogP contribution in [0.2, 0.25) is 0 Å². The maximum absolute atomic E-state index is 14.0. The van der Waals surface area contributed by atoms with Gasteiger partial charge in [0, 0.05) is 42.9 Å². The summed E-state index contributed by atoms with van der Waals surface area (Å²) >= 11 is 0. The van der Waals surface area contributed by atoms with Crippen molar-refractivity contribution in [1.29, 1.82) is 0 Å². The molecular weight excluding hydrogens is 1330 g/mol. The van der Waals surface area contributed by atoms with Gasteiger partial charge in [-0.3, -0.25) is 19.2 Å². The molecule has 4 aromatic carbocycles. The van der Waals surface area contributed by atoms with Gasteiger partial charge in [0.2, 0.25) is 17.3 Å². The molecule has 4 aromatic rings. The van der Waals surface area contributed by atoms with E-state index < -0.39 is 107 Å². The highest BCUT2D eigenvalue weighted by Gasteiger charge is 2.45. The molecule has 102 heavy (non-hydrogen) atoms. The molecule has 2 saturated heterocycles. The predicted octanol–water partition coefficient (Wildman–Crippen LogP) is 9.46. The first-order chi connectivity index (χ1) is 48.3. The molecule has 6 rings (SSSR count). The van der Waals surface area contributed by atoms with E-state index in [-0.39, 0.29) is 64.3 Å². The van der Waals surface area contributed by atoms with Crippen LogP contribution in [0.5, 0.6) is 51.7 Å². The van der Waals surface area contributed by atoms with Crippen molar-refractivity contribution in [3.63, 3.8) is 0 Å². The summed E-state index contributed by atoms with van der Waals surface area (Å²) in [5.41, 5.74) is -0.955. The summed E-state index contributed by atoms with van der Waals surface area (Å²) < 4.78 is 77.8. The minimum Gasteiger partial charge on any atom is -0.496 e. The Morgan fingerprint density at radius 3 is 1.37 bits per heavy atom. The van der Waals surface area contributed by atoms with Gasteiger partial charge in [-0.05, 0) is 160 Å². The van der Waals surface area contributed by atoms with E-state index in [0.29, 0.717) is 101 Å². The Bertz CT molecular complexity index is 3640. The van der Waals surface area contributed by atoms with E-state index in [2.05, 4.69) is 13.2 Å². The fourth-order valence-corrected chi connectivity index (χ4v) is 11.2. The van der Waals surface area contributed by atoms with Crippen LogP contribution in [0.15, 0.2) is 92.0 Å². The van der Waals surface area contributed by atoms with E-state index in [1.54, 1.807) is 87.5 Å². The Morgan fingerprint density at radius 2 is 0.951 bits per heavy atom. The number of carboxylic acids is 1. The quantitative estimate of drug-likeness (QED) is 0.0194. The van der Waals surface area contributed by atoms with Crippen molar-refractivity contribution >= 4 is 59.2 Å². The number of ketones is 2. The molecule has 0 spiro atoms. The van der Waals surface area contributed by atoms with E-state index in [9.17, 15) is 47.9 Å². The number of carbonyl (C=O) groups is 10. The number of benzene rings is 4. The van der Waals surface area contributed by atoms with Crippen LogP contribution in [0.4, 0.5) is 0 Å². The number of likely N-dealkylation sites (tertiary alicyclic amines) is 2. The number of nitrogens with zero attached hydrogens (tertiary/aromatic N) is 2. The van der Waals surface area contributed by atoms with Gasteiger partial charge in [-0.25, -0.2) is 28.8 Å². The van der Waals surface area contributed by atoms with E-state index in [1.165, 1.54) is 87.3 Å². The summed E-state index contributed by atoms with van der Waals surface area (Å²) in [7, 11) is 10.5. The third-order valence-electron chi connectivity index (χ3n) is 16.5. The van der Waals surface area contributed by atoms with Crippen LogP contribution < -0.4 is 42.6 Å². The van der Waals surface area contributed by atoms with Crippen molar-refractivity contribution in [2.75, 3.05) is 89.3 Å². The van der Waals surface area contributed by atoms with Gasteiger partial charge < -0.3 is 81.2 Å². The second kappa shape index (κ2) is 38.5. The predicted molar refractivity (Wildman–Crippen MR) is 369 cm³/mol. The summed E-state index contributed by atoms with van der Waals surface area (Å²) in [6.07, 6.45) is 4.18. The van der Waals surface area contributed by atoms with Gasteiger partial charge in [-0.2, -0.15) is 0 Å². The Hall–Kier alpha value is -10.3. The second-order valence-corrected chi connectivity index (χ2v) is 26.0. The minimum atomic E-state index is -1.36. The summed E-state index contributed by atoms with van der Waals surface area (Å²) in [4.78, 5) is 131. The van der Waals surface area contributed by atoms with E-state index in [1.807, 2.05) is 0 Å². The lowest BCUT2D eigenvalue weighted by Gasteiger charge is -2.36. The van der Waals surface area contributed by atoms with Gasteiger partial charge in [-0.15, -0.1) is 0 Å². The van der Waals surface area contributed by atoms with E-state index >= 15 is 0 Å². The van der Waals surface area contributed by atoms with Gasteiger partial charge in [-0.1, -0.05) is 37.4 Å². The maximum Gasteiger partial charge on any atom is 0.344 e. The number of carboxylic acid groups (broad SMARTS) is 1. The van der Waals surface area contributed by atoms with Crippen molar-refractivity contribution in [2.45, 2.75) is 143 Å². The molecule has 27 nitrogen and oxygen atoms in total. The Morgan fingerprint density at radius 1 is 0.520 bits per heavy atom. The molecule has 2 aliphatic heterocycles. The second-order valence-electron chi connectivity index (χ2n) is 26.0. The van der Waals surface area contributed by atoms with E-state index in [0.717, 1.165) is 17.7 Å². The number of aliphatic carboxylic acids is 1. The minimum absolute atomic E-state index is 0.149. The SMILES string of the molecule is C=CC(=O)OCC(C)(C)C(=O)C(=O)N1CCCC[C@H]1C(=O)O[C@H](CCc1c(OC)cc(OC)c(OC)c1OC)c1cccc(OCC(=O)O)c1.C=CC(=O)OCC(C)(C)C(=O)C(=O)N1CCCC[C@H]1C(=O)O[C@H](CCc1cc(OC)c(OC)cc1OC)c1cccc(OCC(=O)OC(C)(C)C)c1. The monoisotopic (exact) mass is 1420 g/mol. The molecule has 2 heterocycles. The molecule has 2 aliphatic rings. The third-order valence-corrected chi connectivity index (χ3v) is 16.5. The largest absolute Gasteiger partial charge is 0.496 e. The van der Waals surface area contributed by atoms with Crippen molar-refractivity contribution < 1.29 is 119 Å². The lowest BCUT2D eigenvalue weighted by atomic mass is 9.87. The highest BCUT2D eigenvalue weighted by Crippen LogP contribution is 2.47. The van der Waals surface area contributed by atoms with Crippen LogP contribution in [0.1, 0.15) is 134 Å². The fourth-order valence-electron chi connectivity index (χ4n) is 11.2. The van der Waals surface area contributed by atoms with Gasteiger partial charge in [0.25, 0.3) is 11.8 Å². The number of carbonyl (C=O) groups excluding carboxylic acids is 9. The maximum atomic E-state index is 14.0. The zero-order valence-corrected chi connectivity index (χ0v) is 60.7. The van der Waals surface area contributed by atoms with Crippen LogP contribution in [-0.2, 0) is 84.5 Å². The molecule has 0 saturated carbocycles. The van der Waals surface area contributed by atoms with Crippen molar-refractivity contribution in [2.24, 2.45) is 10.8 Å². The third kappa shape index (κ3) is 23.1. The normalized spacial score (nSPS) is 15.0. The Labute approximate surface area is 594 Å². The zero-order chi connectivity index (χ0) is 75.6. The summed E-state index contributed by atoms with van der Waals surface area (Å²) in [6, 6.07) is 16.4. The standard InChI is InChI=1S/C39H51NO12.C36H45NO13/c1-10-33(41)50-24-39(5,6)35(43)36(44)40-19-12-11-16-28(40)37(45)51-29(18-17-26-21-31(47-8)32(48-9)22-30(26)46-7)25-14-13-15-27(20-25)49-23-34(42)52-38(2,3)4;1-8-30(40)49-21-36(2,3)33(41)34(42)37-17-10-9-14-25(37)35(43)50-26(22-12-11-13-23(18-22)48-20-29(38)39)16-15-24-27(44-4)19-28(45-5)32(47-7)31(24)46-6/h10,13-15,20-22,28-29H,1,11-12,16-19,23-24H2,2-9H3;8,11-13,18-19,25-26H,1,9-10,14-17,20-21H2,2-7H3,(H,38,39)/t28-,29+;25-,26+/m00/s1. The first-order valence-corrected chi connectivity index (χ1v) is 33.1. The average Bonchev–Trinajstić information content (AvgIpc) is 0.810.